The molecule has 0 aromatic carbocycles. The Morgan fingerprint density at radius 1 is 1.55 bits per heavy atom. The van der Waals surface area contributed by atoms with E-state index in [-0.39, 0.29) is 11.1 Å². The Labute approximate surface area is 120 Å². The molecule has 0 amide bonds. The smallest absolute Gasteiger partial charge is 0.293 e. The monoisotopic (exact) mass is 278 g/mol. The number of nitrogens with two attached hydrogens (primary N) is 1. The van der Waals surface area contributed by atoms with Gasteiger partial charge in [0, 0.05) is 25.5 Å². The zero-order valence-corrected chi connectivity index (χ0v) is 12.6. The van der Waals surface area contributed by atoms with E-state index >= 15 is 0 Å². The van der Waals surface area contributed by atoms with E-state index in [1.165, 1.54) is 6.42 Å². The third-order valence-electron chi connectivity index (χ3n) is 4.56. The topological polar surface area (TPSA) is 72.9 Å². The van der Waals surface area contributed by atoms with Crippen molar-refractivity contribution < 1.29 is 0 Å². The Balaban J connectivity index is 2.28. The van der Waals surface area contributed by atoms with Gasteiger partial charge in [0.15, 0.2) is 5.82 Å². The molecule has 2 rings (SSSR count). The summed E-state index contributed by atoms with van der Waals surface area (Å²) >= 11 is 0. The molecular formula is C15H26N4O. The molecule has 1 fully saturated rings. The molecule has 1 saturated carbocycles. The molecule has 20 heavy (non-hydrogen) atoms. The van der Waals surface area contributed by atoms with Crippen LogP contribution in [0.15, 0.2) is 17.2 Å². The van der Waals surface area contributed by atoms with E-state index in [0.29, 0.717) is 18.3 Å². The van der Waals surface area contributed by atoms with Crippen LogP contribution in [0.1, 0.15) is 46.0 Å². The first-order valence-electron chi connectivity index (χ1n) is 7.66. The zero-order valence-electron chi connectivity index (χ0n) is 12.6. The van der Waals surface area contributed by atoms with Crippen LogP contribution < -0.4 is 16.6 Å². The zero-order chi connectivity index (χ0) is 14.6. The van der Waals surface area contributed by atoms with Crippen LogP contribution in [-0.4, -0.2) is 21.6 Å². The minimum absolute atomic E-state index is 0.0417. The lowest BCUT2D eigenvalue weighted by atomic mass is 9.73. The second-order valence-corrected chi connectivity index (χ2v) is 5.91. The third-order valence-corrected chi connectivity index (χ3v) is 4.56. The summed E-state index contributed by atoms with van der Waals surface area (Å²) < 4.78 is 1.72. The van der Waals surface area contributed by atoms with Crippen molar-refractivity contribution in [1.29, 1.82) is 0 Å². The molecule has 0 aliphatic heterocycles. The predicted octanol–water partition coefficient (Wildman–Crippen LogP) is 1.97. The molecule has 0 radical (unpaired) electrons. The van der Waals surface area contributed by atoms with E-state index < -0.39 is 0 Å². The largest absolute Gasteiger partial charge is 0.358 e. The fourth-order valence-corrected chi connectivity index (χ4v) is 3.14. The molecule has 0 spiro atoms. The number of aryl methyl sites for hydroxylation is 1. The fraction of sp³-hybridized carbons (Fsp3) is 0.733. The van der Waals surface area contributed by atoms with Gasteiger partial charge in [-0.1, -0.05) is 26.7 Å². The Hall–Kier alpha value is -1.36. The van der Waals surface area contributed by atoms with E-state index in [2.05, 4.69) is 24.1 Å². The number of nitrogens with one attached hydrogen (secondary N) is 1. The van der Waals surface area contributed by atoms with Gasteiger partial charge in [-0.2, -0.15) is 0 Å². The summed E-state index contributed by atoms with van der Waals surface area (Å²) in [4.78, 5) is 16.6. The number of rotatable bonds is 5. The Kier molecular flexibility index (Phi) is 4.81. The summed E-state index contributed by atoms with van der Waals surface area (Å²) in [6, 6.07) is 0. The van der Waals surface area contributed by atoms with Gasteiger partial charge < -0.3 is 15.6 Å². The summed E-state index contributed by atoms with van der Waals surface area (Å²) in [6.45, 7) is 5.54. The van der Waals surface area contributed by atoms with Crippen molar-refractivity contribution in [1.82, 2.24) is 9.55 Å². The molecule has 5 heteroatoms. The first-order valence-corrected chi connectivity index (χ1v) is 7.66. The molecule has 5 nitrogen and oxygen atoms in total. The first-order chi connectivity index (χ1) is 9.63. The minimum atomic E-state index is -0.185. The average Bonchev–Trinajstić information content (AvgIpc) is 2.46. The molecule has 1 aliphatic carbocycles. The lowest BCUT2D eigenvalue weighted by Gasteiger charge is -2.42. The summed E-state index contributed by atoms with van der Waals surface area (Å²) in [5.41, 5.74) is 5.80. The van der Waals surface area contributed by atoms with E-state index in [1.807, 2.05) is 0 Å². The van der Waals surface area contributed by atoms with Crippen molar-refractivity contribution in [2.24, 2.45) is 11.7 Å². The van der Waals surface area contributed by atoms with Crippen LogP contribution in [0, 0.1) is 5.92 Å². The molecular weight excluding hydrogens is 252 g/mol. The average molecular weight is 278 g/mol. The molecule has 2 atom stereocenters. The third kappa shape index (κ3) is 2.87. The lowest BCUT2D eigenvalue weighted by molar-refractivity contribution is 0.234. The Bertz CT molecular complexity index is 499. The number of hydrogen-bond acceptors (Lipinski definition) is 4. The number of nitrogens with zero attached hydrogens (tertiary/aromatic N) is 2. The van der Waals surface area contributed by atoms with Crippen LogP contribution in [0.4, 0.5) is 5.82 Å². The standard InChI is InChI=1S/C15H26N4O/c1-3-9-19-10-8-17-13(14(19)20)18-15(11-16)7-5-4-6-12(15)2/h8,10,12H,3-7,9,11,16H2,1-2H3,(H,17,18). The van der Waals surface area contributed by atoms with Crippen molar-refractivity contribution in [3.8, 4) is 0 Å². The van der Waals surface area contributed by atoms with Gasteiger partial charge in [-0.05, 0) is 25.2 Å². The normalized spacial score (nSPS) is 26.4. The van der Waals surface area contributed by atoms with Crippen molar-refractivity contribution in [3.05, 3.63) is 22.7 Å². The molecule has 2 unspecified atom stereocenters. The van der Waals surface area contributed by atoms with Gasteiger partial charge in [-0.3, -0.25) is 4.79 Å². The second-order valence-electron chi connectivity index (χ2n) is 5.91. The van der Waals surface area contributed by atoms with Crippen molar-refractivity contribution in [2.45, 2.75) is 58.0 Å². The van der Waals surface area contributed by atoms with Crippen LogP contribution in [-0.2, 0) is 6.54 Å². The molecule has 1 aromatic rings. The van der Waals surface area contributed by atoms with Gasteiger partial charge >= 0.3 is 0 Å². The molecule has 1 heterocycles. The quantitative estimate of drug-likeness (QED) is 0.863. The highest BCUT2D eigenvalue weighted by molar-refractivity contribution is 5.36. The summed E-state index contributed by atoms with van der Waals surface area (Å²) in [5.74, 6) is 0.905. The van der Waals surface area contributed by atoms with E-state index in [4.69, 9.17) is 5.73 Å². The van der Waals surface area contributed by atoms with Crippen LogP contribution in [0.2, 0.25) is 0 Å². The molecule has 3 N–H and O–H groups in total. The van der Waals surface area contributed by atoms with Crippen LogP contribution in [0.5, 0.6) is 0 Å². The van der Waals surface area contributed by atoms with Crippen LogP contribution in [0.25, 0.3) is 0 Å². The second kappa shape index (κ2) is 6.39. The predicted molar refractivity (Wildman–Crippen MR) is 81.8 cm³/mol. The summed E-state index contributed by atoms with van der Waals surface area (Å²) in [6.07, 6.45) is 8.93. The number of anilines is 1. The van der Waals surface area contributed by atoms with Gasteiger partial charge in [0.05, 0.1) is 5.54 Å². The molecule has 112 valence electrons. The van der Waals surface area contributed by atoms with Crippen molar-refractivity contribution in [2.75, 3.05) is 11.9 Å². The van der Waals surface area contributed by atoms with Crippen molar-refractivity contribution in [3.63, 3.8) is 0 Å². The van der Waals surface area contributed by atoms with Crippen molar-refractivity contribution >= 4 is 5.82 Å². The van der Waals surface area contributed by atoms with Gasteiger partial charge in [-0.15, -0.1) is 0 Å². The highest BCUT2D eigenvalue weighted by Crippen LogP contribution is 2.34. The first kappa shape index (κ1) is 15.0. The minimum Gasteiger partial charge on any atom is -0.358 e. The van der Waals surface area contributed by atoms with E-state index in [1.54, 1.807) is 17.0 Å². The Morgan fingerprint density at radius 3 is 3.00 bits per heavy atom. The summed E-state index contributed by atoms with van der Waals surface area (Å²) in [7, 11) is 0. The number of hydrogen-bond donors (Lipinski definition) is 2. The highest BCUT2D eigenvalue weighted by atomic mass is 16.1. The Morgan fingerprint density at radius 2 is 2.35 bits per heavy atom. The summed E-state index contributed by atoms with van der Waals surface area (Å²) in [5, 5.41) is 3.39. The molecule has 1 aromatic heterocycles. The van der Waals surface area contributed by atoms with Gasteiger partial charge in [0.25, 0.3) is 5.56 Å². The maximum atomic E-state index is 12.4. The van der Waals surface area contributed by atoms with Gasteiger partial charge in [-0.25, -0.2) is 4.98 Å². The number of aromatic nitrogens is 2. The van der Waals surface area contributed by atoms with Crippen LogP contribution in [0.3, 0.4) is 0 Å². The van der Waals surface area contributed by atoms with E-state index in [9.17, 15) is 4.79 Å². The maximum Gasteiger partial charge on any atom is 0.293 e. The maximum absolute atomic E-state index is 12.4. The van der Waals surface area contributed by atoms with E-state index in [0.717, 1.165) is 32.2 Å². The SMILES string of the molecule is CCCn1ccnc(NC2(CN)CCCCC2C)c1=O. The van der Waals surface area contributed by atoms with Gasteiger partial charge in [0.1, 0.15) is 0 Å². The lowest BCUT2D eigenvalue weighted by Crippen LogP contribution is -2.53. The molecule has 0 saturated heterocycles. The fourth-order valence-electron chi connectivity index (χ4n) is 3.14. The molecule has 0 bridgehead atoms. The highest BCUT2D eigenvalue weighted by Gasteiger charge is 2.37. The van der Waals surface area contributed by atoms with Gasteiger partial charge in [0.2, 0.25) is 0 Å². The van der Waals surface area contributed by atoms with Crippen LogP contribution >= 0.6 is 0 Å². The molecule has 1 aliphatic rings.